The second kappa shape index (κ2) is 6.29. The van der Waals surface area contributed by atoms with Crippen LogP contribution in [0.4, 0.5) is 0 Å². The van der Waals surface area contributed by atoms with Gasteiger partial charge >= 0.3 is 0 Å². The lowest BCUT2D eigenvalue weighted by Crippen LogP contribution is -2.50. The summed E-state index contributed by atoms with van der Waals surface area (Å²) in [7, 11) is 0. The summed E-state index contributed by atoms with van der Waals surface area (Å²) in [6.45, 7) is 6.20. The summed E-state index contributed by atoms with van der Waals surface area (Å²) in [5.41, 5.74) is 6.81. The highest BCUT2D eigenvalue weighted by Crippen LogP contribution is 2.18. The summed E-state index contributed by atoms with van der Waals surface area (Å²) < 4.78 is 11.2. The zero-order chi connectivity index (χ0) is 13.0. The molecule has 4 nitrogen and oxygen atoms in total. The van der Waals surface area contributed by atoms with Gasteiger partial charge in [0, 0.05) is 0 Å². The van der Waals surface area contributed by atoms with Gasteiger partial charge in [0.1, 0.15) is 0 Å². The highest BCUT2D eigenvalue weighted by Gasteiger charge is 2.25. The minimum Gasteiger partial charge on any atom is -0.376 e. The van der Waals surface area contributed by atoms with E-state index >= 15 is 0 Å². The molecule has 0 saturated carbocycles. The van der Waals surface area contributed by atoms with Crippen molar-refractivity contribution in [2.75, 3.05) is 19.8 Å². The first-order valence-electron chi connectivity index (χ1n) is 6.43. The molecular formula is C14H22N2O2. The first kappa shape index (κ1) is 13.5. The molecule has 0 bridgehead atoms. The highest BCUT2D eigenvalue weighted by molar-refractivity contribution is 5.34. The maximum atomic E-state index is 5.72. The number of hydrogen-bond acceptors (Lipinski definition) is 4. The number of hydrazine groups is 1. The second-order valence-electron chi connectivity index (χ2n) is 4.83. The van der Waals surface area contributed by atoms with Crippen LogP contribution in [0.5, 0.6) is 0 Å². The van der Waals surface area contributed by atoms with Crippen molar-refractivity contribution in [1.82, 2.24) is 5.43 Å². The Morgan fingerprint density at radius 1 is 1.33 bits per heavy atom. The maximum Gasteiger partial charge on any atom is 0.0978 e. The van der Waals surface area contributed by atoms with E-state index in [1.165, 1.54) is 16.7 Å². The summed E-state index contributed by atoms with van der Waals surface area (Å²) in [5, 5.41) is 0. The van der Waals surface area contributed by atoms with E-state index in [2.05, 4.69) is 37.5 Å². The van der Waals surface area contributed by atoms with Crippen molar-refractivity contribution in [2.45, 2.75) is 32.4 Å². The smallest absolute Gasteiger partial charge is 0.0978 e. The van der Waals surface area contributed by atoms with Gasteiger partial charge in [0.25, 0.3) is 0 Å². The van der Waals surface area contributed by atoms with E-state index in [1.807, 2.05) is 0 Å². The van der Waals surface area contributed by atoms with Gasteiger partial charge in [-0.15, -0.1) is 0 Å². The van der Waals surface area contributed by atoms with Crippen molar-refractivity contribution in [3.63, 3.8) is 0 Å². The topological polar surface area (TPSA) is 56.5 Å². The molecule has 0 amide bonds. The Bertz CT molecular complexity index is 369. The van der Waals surface area contributed by atoms with Gasteiger partial charge in [-0.3, -0.25) is 11.3 Å². The molecule has 100 valence electrons. The molecule has 1 heterocycles. The molecule has 18 heavy (non-hydrogen) atoms. The Morgan fingerprint density at radius 2 is 2.06 bits per heavy atom. The van der Waals surface area contributed by atoms with Gasteiger partial charge in [0.2, 0.25) is 0 Å². The second-order valence-corrected chi connectivity index (χ2v) is 4.83. The molecule has 0 radical (unpaired) electrons. The fourth-order valence-corrected chi connectivity index (χ4v) is 2.43. The first-order valence-corrected chi connectivity index (χ1v) is 6.43. The monoisotopic (exact) mass is 250 g/mol. The maximum absolute atomic E-state index is 5.72. The van der Waals surface area contributed by atoms with Crippen LogP contribution in [0.1, 0.15) is 16.7 Å². The quantitative estimate of drug-likeness (QED) is 0.620. The lowest BCUT2D eigenvalue weighted by atomic mass is 9.94. The first-order chi connectivity index (χ1) is 8.72. The van der Waals surface area contributed by atoms with Crippen molar-refractivity contribution < 1.29 is 9.47 Å². The van der Waals surface area contributed by atoms with Gasteiger partial charge in [0.15, 0.2) is 0 Å². The number of rotatable bonds is 4. The van der Waals surface area contributed by atoms with E-state index in [-0.39, 0.29) is 12.1 Å². The van der Waals surface area contributed by atoms with Crippen molar-refractivity contribution in [1.29, 1.82) is 0 Å². The molecular weight excluding hydrogens is 228 g/mol. The molecule has 1 aliphatic rings. The van der Waals surface area contributed by atoms with Gasteiger partial charge in [-0.25, -0.2) is 0 Å². The average molecular weight is 250 g/mol. The summed E-state index contributed by atoms with van der Waals surface area (Å²) in [4.78, 5) is 0. The molecule has 1 aromatic rings. The number of ether oxygens (including phenoxy) is 2. The zero-order valence-corrected chi connectivity index (χ0v) is 11.1. The van der Waals surface area contributed by atoms with Crippen LogP contribution in [0.3, 0.4) is 0 Å². The standard InChI is InChI=1S/C14H22N2O2/c1-10-4-3-5-11(2)12(10)8-13(16-15)14-9-17-6-7-18-14/h3-5,13-14,16H,6-9,15H2,1-2H3. The summed E-state index contributed by atoms with van der Waals surface area (Å²) in [6.07, 6.45) is 0.894. The lowest BCUT2D eigenvalue weighted by molar-refractivity contribution is -0.101. The third kappa shape index (κ3) is 3.09. The molecule has 0 spiro atoms. The Hall–Kier alpha value is -0.940. The molecule has 1 aromatic carbocycles. The van der Waals surface area contributed by atoms with Crippen LogP contribution < -0.4 is 11.3 Å². The fraction of sp³-hybridized carbons (Fsp3) is 0.571. The van der Waals surface area contributed by atoms with Gasteiger partial charge in [-0.2, -0.15) is 0 Å². The number of aryl methyl sites for hydroxylation is 2. The molecule has 2 rings (SSSR count). The molecule has 2 atom stereocenters. The summed E-state index contributed by atoms with van der Waals surface area (Å²) in [6, 6.07) is 6.44. The third-order valence-corrected chi connectivity index (χ3v) is 3.57. The van der Waals surface area contributed by atoms with Gasteiger partial charge in [0.05, 0.1) is 32.0 Å². The van der Waals surface area contributed by atoms with Gasteiger partial charge < -0.3 is 9.47 Å². The minimum absolute atomic E-state index is 0.0303. The molecule has 1 aliphatic heterocycles. The van der Waals surface area contributed by atoms with Gasteiger partial charge in [-0.1, -0.05) is 18.2 Å². The molecule has 0 aromatic heterocycles. The fourth-order valence-electron chi connectivity index (χ4n) is 2.43. The van der Waals surface area contributed by atoms with Crippen LogP contribution >= 0.6 is 0 Å². The third-order valence-electron chi connectivity index (χ3n) is 3.57. The number of hydrogen-bond donors (Lipinski definition) is 2. The van der Waals surface area contributed by atoms with Crippen LogP contribution in [0, 0.1) is 13.8 Å². The SMILES string of the molecule is Cc1cccc(C)c1CC(NN)C1COCCO1. The normalized spacial score (nSPS) is 21.8. The van der Waals surface area contributed by atoms with Crippen molar-refractivity contribution >= 4 is 0 Å². The minimum atomic E-state index is 0.0303. The van der Waals surface area contributed by atoms with Crippen LogP contribution in [0.15, 0.2) is 18.2 Å². The van der Waals surface area contributed by atoms with E-state index in [0.29, 0.717) is 19.8 Å². The number of benzene rings is 1. The molecule has 1 saturated heterocycles. The van der Waals surface area contributed by atoms with Crippen LogP contribution in [-0.4, -0.2) is 32.0 Å². The Morgan fingerprint density at radius 3 is 2.61 bits per heavy atom. The Labute approximate surface area is 108 Å². The van der Waals surface area contributed by atoms with Gasteiger partial charge in [-0.05, 0) is 37.0 Å². The van der Waals surface area contributed by atoms with E-state index in [9.17, 15) is 0 Å². The molecule has 0 aliphatic carbocycles. The zero-order valence-electron chi connectivity index (χ0n) is 11.1. The van der Waals surface area contributed by atoms with Crippen molar-refractivity contribution in [3.8, 4) is 0 Å². The van der Waals surface area contributed by atoms with E-state index in [4.69, 9.17) is 15.3 Å². The largest absolute Gasteiger partial charge is 0.376 e. The van der Waals surface area contributed by atoms with Crippen LogP contribution in [0.25, 0.3) is 0 Å². The lowest BCUT2D eigenvalue weighted by Gasteiger charge is -2.30. The molecule has 3 N–H and O–H groups in total. The summed E-state index contributed by atoms with van der Waals surface area (Å²) in [5.74, 6) is 5.67. The number of nitrogens with two attached hydrogens (primary N) is 1. The highest BCUT2D eigenvalue weighted by atomic mass is 16.6. The van der Waals surface area contributed by atoms with Crippen molar-refractivity contribution in [3.05, 3.63) is 34.9 Å². The predicted octanol–water partition coefficient (Wildman–Crippen LogP) is 1.09. The Kier molecular flexibility index (Phi) is 4.72. The van der Waals surface area contributed by atoms with E-state index in [1.54, 1.807) is 0 Å². The van der Waals surface area contributed by atoms with Crippen LogP contribution in [0.2, 0.25) is 0 Å². The van der Waals surface area contributed by atoms with Crippen LogP contribution in [-0.2, 0) is 15.9 Å². The molecule has 2 unspecified atom stereocenters. The number of nitrogens with one attached hydrogen (secondary N) is 1. The summed E-state index contributed by atoms with van der Waals surface area (Å²) >= 11 is 0. The average Bonchev–Trinajstić information content (AvgIpc) is 2.40. The Balaban J connectivity index is 2.09. The van der Waals surface area contributed by atoms with E-state index < -0.39 is 0 Å². The van der Waals surface area contributed by atoms with Crippen molar-refractivity contribution in [2.24, 2.45) is 5.84 Å². The molecule has 4 heteroatoms. The predicted molar refractivity (Wildman–Crippen MR) is 71.3 cm³/mol. The van der Waals surface area contributed by atoms with E-state index in [0.717, 1.165) is 6.42 Å². The molecule has 1 fully saturated rings.